The molecule has 4 heteroatoms. The van der Waals surface area contributed by atoms with Gasteiger partial charge in [-0.25, -0.2) is 0 Å². The Kier molecular flexibility index (Phi) is 4.77. The first-order valence-corrected chi connectivity index (χ1v) is 6.04. The van der Waals surface area contributed by atoms with Crippen LogP contribution in [0.2, 0.25) is 0 Å². The minimum atomic E-state index is -0.0127. The fourth-order valence-electron chi connectivity index (χ4n) is 1.98. The average molecular weight is 226 g/mol. The Hall–Kier alpha value is -1.06. The van der Waals surface area contributed by atoms with Crippen molar-refractivity contribution in [3.8, 4) is 0 Å². The van der Waals surface area contributed by atoms with E-state index >= 15 is 0 Å². The van der Waals surface area contributed by atoms with Gasteiger partial charge in [0.1, 0.15) is 0 Å². The van der Waals surface area contributed by atoms with Crippen molar-refractivity contribution in [3.63, 3.8) is 0 Å². The van der Waals surface area contributed by atoms with E-state index in [1.165, 1.54) is 6.92 Å². The van der Waals surface area contributed by atoms with Gasteiger partial charge < -0.3 is 9.80 Å². The van der Waals surface area contributed by atoms with E-state index in [1.807, 2.05) is 4.90 Å². The van der Waals surface area contributed by atoms with E-state index in [2.05, 4.69) is 13.8 Å². The molecule has 0 N–H and O–H groups in total. The Morgan fingerprint density at radius 3 is 2.25 bits per heavy atom. The molecular formula is C12H22N2O2. The zero-order chi connectivity index (χ0) is 12.1. The monoisotopic (exact) mass is 226 g/mol. The van der Waals surface area contributed by atoms with Gasteiger partial charge in [0.2, 0.25) is 11.8 Å². The maximum Gasteiger partial charge on any atom is 0.242 e. The van der Waals surface area contributed by atoms with Crippen LogP contribution in [0.5, 0.6) is 0 Å². The van der Waals surface area contributed by atoms with E-state index < -0.39 is 0 Å². The molecule has 1 rings (SSSR count). The molecule has 0 spiro atoms. The summed E-state index contributed by atoms with van der Waals surface area (Å²) in [6.07, 6.45) is 2.19. The SMILES string of the molecule is CC(=O)N(CC(=O)N1CCCC1)CC(C)C. The third-order valence-electron chi connectivity index (χ3n) is 2.82. The molecule has 16 heavy (non-hydrogen) atoms. The van der Waals surface area contributed by atoms with Gasteiger partial charge in [-0.15, -0.1) is 0 Å². The quantitative estimate of drug-likeness (QED) is 0.720. The number of carbonyl (C=O) groups is 2. The van der Waals surface area contributed by atoms with Gasteiger partial charge in [-0.2, -0.15) is 0 Å². The molecule has 0 atom stereocenters. The molecule has 0 aromatic heterocycles. The molecule has 92 valence electrons. The van der Waals surface area contributed by atoms with Crippen molar-refractivity contribution in [1.82, 2.24) is 9.80 Å². The van der Waals surface area contributed by atoms with E-state index in [-0.39, 0.29) is 18.4 Å². The van der Waals surface area contributed by atoms with Crippen molar-refractivity contribution < 1.29 is 9.59 Å². The zero-order valence-electron chi connectivity index (χ0n) is 10.5. The van der Waals surface area contributed by atoms with Crippen LogP contribution in [0.4, 0.5) is 0 Å². The Balaban J connectivity index is 2.47. The molecule has 1 aliphatic rings. The predicted octanol–water partition coefficient (Wildman–Crippen LogP) is 1.11. The van der Waals surface area contributed by atoms with Gasteiger partial charge in [-0.1, -0.05) is 13.8 Å². The van der Waals surface area contributed by atoms with Gasteiger partial charge in [-0.05, 0) is 18.8 Å². The summed E-state index contributed by atoms with van der Waals surface area (Å²) in [5.74, 6) is 0.477. The Morgan fingerprint density at radius 1 is 1.25 bits per heavy atom. The Morgan fingerprint density at radius 2 is 1.81 bits per heavy atom. The second-order valence-corrected chi connectivity index (χ2v) is 4.88. The molecule has 2 amide bonds. The van der Waals surface area contributed by atoms with E-state index in [0.717, 1.165) is 25.9 Å². The molecule has 1 aliphatic heterocycles. The van der Waals surface area contributed by atoms with Crippen molar-refractivity contribution in [2.75, 3.05) is 26.2 Å². The lowest BCUT2D eigenvalue weighted by Crippen LogP contribution is -2.42. The fraction of sp³-hybridized carbons (Fsp3) is 0.833. The highest BCUT2D eigenvalue weighted by Gasteiger charge is 2.21. The molecule has 1 saturated heterocycles. The average Bonchev–Trinajstić information content (AvgIpc) is 2.68. The van der Waals surface area contributed by atoms with Crippen LogP contribution >= 0.6 is 0 Å². The van der Waals surface area contributed by atoms with Crippen LogP contribution in [-0.4, -0.2) is 47.8 Å². The van der Waals surface area contributed by atoms with Crippen molar-refractivity contribution in [3.05, 3.63) is 0 Å². The topological polar surface area (TPSA) is 40.6 Å². The number of nitrogens with zero attached hydrogens (tertiary/aromatic N) is 2. The maximum absolute atomic E-state index is 11.9. The lowest BCUT2D eigenvalue weighted by molar-refractivity contribution is -0.139. The van der Waals surface area contributed by atoms with Crippen LogP contribution in [-0.2, 0) is 9.59 Å². The largest absolute Gasteiger partial charge is 0.341 e. The first-order chi connectivity index (χ1) is 7.50. The van der Waals surface area contributed by atoms with Gasteiger partial charge >= 0.3 is 0 Å². The van der Waals surface area contributed by atoms with Crippen LogP contribution in [0.1, 0.15) is 33.6 Å². The normalized spacial score (nSPS) is 15.6. The number of carbonyl (C=O) groups excluding carboxylic acids is 2. The number of hydrogen-bond donors (Lipinski definition) is 0. The summed E-state index contributed by atoms with van der Waals surface area (Å²) in [7, 11) is 0. The van der Waals surface area contributed by atoms with Crippen LogP contribution in [0.15, 0.2) is 0 Å². The van der Waals surface area contributed by atoms with Crippen molar-refractivity contribution in [2.45, 2.75) is 33.6 Å². The highest BCUT2D eigenvalue weighted by Crippen LogP contribution is 2.09. The van der Waals surface area contributed by atoms with Crippen molar-refractivity contribution in [1.29, 1.82) is 0 Å². The van der Waals surface area contributed by atoms with Gasteiger partial charge in [0.15, 0.2) is 0 Å². The summed E-state index contributed by atoms with van der Waals surface area (Å²) < 4.78 is 0. The van der Waals surface area contributed by atoms with Gasteiger partial charge in [0.25, 0.3) is 0 Å². The third kappa shape index (κ3) is 3.83. The van der Waals surface area contributed by atoms with E-state index in [4.69, 9.17) is 0 Å². The molecule has 0 aromatic rings. The second-order valence-electron chi connectivity index (χ2n) is 4.88. The van der Waals surface area contributed by atoms with Crippen LogP contribution in [0.3, 0.4) is 0 Å². The Bertz CT molecular complexity index is 258. The summed E-state index contributed by atoms with van der Waals surface area (Å²) in [6.45, 7) is 8.24. The standard InChI is InChI=1S/C12H22N2O2/c1-10(2)8-14(11(3)15)9-12(16)13-6-4-5-7-13/h10H,4-9H2,1-3H3. The first-order valence-electron chi connectivity index (χ1n) is 6.04. The highest BCUT2D eigenvalue weighted by atomic mass is 16.2. The summed E-state index contributed by atoms with van der Waals surface area (Å²) in [4.78, 5) is 26.8. The number of rotatable bonds is 4. The molecule has 0 bridgehead atoms. The number of amides is 2. The van der Waals surface area contributed by atoms with E-state index in [1.54, 1.807) is 4.90 Å². The summed E-state index contributed by atoms with van der Waals surface area (Å²) in [6, 6.07) is 0. The van der Waals surface area contributed by atoms with E-state index in [0.29, 0.717) is 12.5 Å². The van der Waals surface area contributed by atoms with Crippen LogP contribution in [0.25, 0.3) is 0 Å². The summed E-state index contributed by atoms with van der Waals surface area (Å²) in [5.41, 5.74) is 0. The molecule has 4 nitrogen and oxygen atoms in total. The minimum absolute atomic E-state index is 0.0127. The van der Waals surface area contributed by atoms with Gasteiger partial charge in [0.05, 0.1) is 6.54 Å². The molecule has 1 fully saturated rings. The van der Waals surface area contributed by atoms with Gasteiger partial charge in [0, 0.05) is 26.6 Å². The lowest BCUT2D eigenvalue weighted by Gasteiger charge is -2.25. The third-order valence-corrected chi connectivity index (χ3v) is 2.82. The summed E-state index contributed by atoms with van der Waals surface area (Å²) >= 11 is 0. The second kappa shape index (κ2) is 5.87. The first kappa shape index (κ1) is 13.0. The molecule has 0 aliphatic carbocycles. The maximum atomic E-state index is 11.9. The number of hydrogen-bond acceptors (Lipinski definition) is 2. The molecule has 0 unspecified atom stereocenters. The predicted molar refractivity (Wildman–Crippen MR) is 62.9 cm³/mol. The fourth-order valence-corrected chi connectivity index (χ4v) is 1.98. The summed E-state index contributed by atoms with van der Waals surface area (Å²) in [5, 5.41) is 0. The van der Waals surface area contributed by atoms with Crippen LogP contribution in [0, 0.1) is 5.92 Å². The van der Waals surface area contributed by atoms with Crippen molar-refractivity contribution in [2.24, 2.45) is 5.92 Å². The van der Waals surface area contributed by atoms with E-state index in [9.17, 15) is 9.59 Å². The molecule has 0 aromatic carbocycles. The molecule has 0 saturated carbocycles. The van der Waals surface area contributed by atoms with Gasteiger partial charge in [-0.3, -0.25) is 9.59 Å². The molecule has 1 heterocycles. The van der Waals surface area contributed by atoms with Crippen molar-refractivity contribution >= 4 is 11.8 Å². The smallest absolute Gasteiger partial charge is 0.242 e. The lowest BCUT2D eigenvalue weighted by atomic mass is 10.2. The number of likely N-dealkylation sites (tertiary alicyclic amines) is 1. The minimum Gasteiger partial charge on any atom is -0.341 e. The highest BCUT2D eigenvalue weighted by molar-refractivity contribution is 5.84. The van der Waals surface area contributed by atoms with Crippen LogP contribution < -0.4 is 0 Å². The molecule has 0 radical (unpaired) electrons. The zero-order valence-corrected chi connectivity index (χ0v) is 10.5. The molecular weight excluding hydrogens is 204 g/mol. The Labute approximate surface area is 97.6 Å².